The molecule has 248 valence electrons. The Morgan fingerprint density at radius 3 is 2.06 bits per heavy atom. The van der Waals surface area contributed by atoms with Gasteiger partial charge in [-0.3, -0.25) is 9.69 Å². The van der Waals surface area contributed by atoms with E-state index in [0.717, 1.165) is 60.9 Å². The van der Waals surface area contributed by atoms with Crippen LogP contribution in [0.1, 0.15) is 59.4 Å². The number of aromatic nitrogens is 1. The van der Waals surface area contributed by atoms with Crippen molar-refractivity contribution in [2.45, 2.75) is 46.4 Å². The number of hydrogen-bond donors (Lipinski definition) is 1. The summed E-state index contributed by atoms with van der Waals surface area (Å²) in [5.41, 5.74) is 6.68. The number of benzene rings is 4. The lowest BCUT2D eigenvalue weighted by atomic mass is 9.93. The third-order valence-electron chi connectivity index (χ3n) is 8.45. The maximum absolute atomic E-state index is 13.4. The second kappa shape index (κ2) is 15.8. The van der Waals surface area contributed by atoms with Gasteiger partial charge >= 0.3 is 0 Å². The lowest BCUT2D eigenvalue weighted by molar-refractivity contribution is 0.0342. The zero-order chi connectivity index (χ0) is 33.3. The molecule has 48 heavy (non-hydrogen) atoms. The summed E-state index contributed by atoms with van der Waals surface area (Å²) in [5.74, 6) is 1.62. The number of carbonyl (C=O) groups is 1. The van der Waals surface area contributed by atoms with Crippen LogP contribution in [0.2, 0.25) is 0 Å². The first kappa shape index (κ1) is 33.0. The molecule has 0 saturated carbocycles. The molecule has 1 aromatic heterocycles. The predicted molar refractivity (Wildman–Crippen MR) is 187 cm³/mol. The zero-order valence-electron chi connectivity index (χ0n) is 27.9. The molecule has 0 aliphatic carbocycles. The molecule has 0 radical (unpaired) electrons. The van der Waals surface area contributed by atoms with E-state index in [2.05, 4.69) is 47.4 Å². The van der Waals surface area contributed by atoms with E-state index in [4.69, 9.17) is 18.7 Å². The molecule has 1 fully saturated rings. The molecule has 1 saturated heterocycles. The van der Waals surface area contributed by atoms with Crippen molar-refractivity contribution in [3.63, 3.8) is 0 Å². The van der Waals surface area contributed by atoms with Gasteiger partial charge in [0, 0.05) is 32.2 Å². The molecule has 1 aliphatic rings. The van der Waals surface area contributed by atoms with E-state index in [1.165, 1.54) is 5.56 Å². The summed E-state index contributed by atoms with van der Waals surface area (Å²) in [6.07, 6.45) is 0. The largest absolute Gasteiger partial charge is 0.488 e. The highest BCUT2D eigenvalue weighted by molar-refractivity contribution is 6.02. The van der Waals surface area contributed by atoms with Crippen LogP contribution in [-0.4, -0.2) is 48.8 Å². The van der Waals surface area contributed by atoms with Crippen LogP contribution in [0.5, 0.6) is 11.5 Å². The first-order chi connectivity index (χ1) is 23.5. The topological polar surface area (TPSA) is 86.1 Å². The van der Waals surface area contributed by atoms with E-state index in [-0.39, 0.29) is 17.5 Å². The van der Waals surface area contributed by atoms with Crippen LogP contribution in [0.25, 0.3) is 22.5 Å². The summed E-state index contributed by atoms with van der Waals surface area (Å²) in [6, 6.07) is 32.4. The molecule has 1 amide bonds. The molecule has 8 nitrogen and oxygen atoms in total. The van der Waals surface area contributed by atoms with Gasteiger partial charge in [-0.15, -0.1) is 0 Å². The Labute approximate surface area is 282 Å². The minimum atomic E-state index is -0.293. The Morgan fingerprint density at radius 1 is 0.833 bits per heavy atom. The van der Waals surface area contributed by atoms with Crippen molar-refractivity contribution in [3.8, 4) is 33.9 Å². The summed E-state index contributed by atoms with van der Waals surface area (Å²) in [4.78, 5) is 15.7. The van der Waals surface area contributed by atoms with Gasteiger partial charge in [0.05, 0.1) is 24.3 Å². The number of ether oxygens (including phenoxy) is 3. The number of morpholine rings is 1. The molecule has 8 heteroatoms. The third kappa shape index (κ3) is 7.95. The number of carbonyl (C=O) groups excluding carboxylic acids is 1. The summed E-state index contributed by atoms with van der Waals surface area (Å²) in [6.45, 7) is 11.5. The minimum Gasteiger partial charge on any atom is -0.488 e. The van der Waals surface area contributed by atoms with Gasteiger partial charge in [-0.1, -0.05) is 104 Å². The number of nitrogens with zero attached hydrogens (tertiary/aromatic N) is 2. The van der Waals surface area contributed by atoms with E-state index < -0.39 is 0 Å². The molecule has 6 rings (SSSR count). The third-order valence-corrected chi connectivity index (χ3v) is 8.45. The summed E-state index contributed by atoms with van der Waals surface area (Å²) >= 11 is 0. The van der Waals surface area contributed by atoms with E-state index in [1.54, 1.807) is 0 Å². The maximum atomic E-state index is 13.4. The summed E-state index contributed by atoms with van der Waals surface area (Å²) in [7, 11) is 0. The van der Waals surface area contributed by atoms with Gasteiger partial charge in [0.2, 0.25) is 0 Å². The summed E-state index contributed by atoms with van der Waals surface area (Å²) in [5, 5.41) is 7.24. The normalized spacial score (nSPS) is 13.4. The molecule has 1 N–H and O–H groups in total. The Hall–Kier alpha value is -4.92. The van der Waals surface area contributed by atoms with Crippen LogP contribution in [-0.2, 0) is 24.5 Å². The van der Waals surface area contributed by atoms with Crippen molar-refractivity contribution in [2.24, 2.45) is 0 Å². The number of nitrogens with one attached hydrogen (secondary N) is 1. The molecular weight excluding hydrogens is 602 g/mol. The fourth-order valence-corrected chi connectivity index (χ4v) is 5.86. The van der Waals surface area contributed by atoms with E-state index in [1.807, 2.05) is 85.8 Å². The van der Waals surface area contributed by atoms with Crippen molar-refractivity contribution < 1.29 is 23.5 Å². The second-order valence-electron chi connectivity index (χ2n) is 12.3. The lowest BCUT2D eigenvalue weighted by Crippen LogP contribution is -2.35. The number of rotatable bonds is 13. The fourth-order valence-electron chi connectivity index (χ4n) is 5.86. The van der Waals surface area contributed by atoms with Gasteiger partial charge in [0.25, 0.3) is 5.91 Å². The Bertz CT molecular complexity index is 1780. The van der Waals surface area contributed by atoms with Crippen molar-refractivity contribution in [2.75, 3.05) is 32.8 Å². The maximum Gasteiger partial charge on any atom is 0.274 e. The Kier molecular flexibility index (Phi) is 10.8. The Balaban J connectivity index is 1.43. The average Bonchev–Trinajstić information content (AvgIpc) is 3.56. The fraction of sp³-hybridized carbons (Fsp3) is 0.300. The van der Waals surface area contributed by atoms with Gasteiger partial charge in [0.15, 0.2) is 11.5 Å². The standard InChI is InChI=1S/C40H43N3O5/c1-4-41-40(44)38-37(32-17-15-29(16-18-32)25-43-19-21-45-22-20-43)39(48-42-38)34-23-33(28(2)3)35(46-26-30-11-7-5-8-12-30)24-36(34)47-27-31-13-9-6-10-14-31/h5-18,23-24,28H,4,19-22,25-27H2,1-3H3,(H,41,44). The van der Waals surface area contributed by atoms with Gasteiger partial charge in [0.1, 0.15) is 24.7 Å². The molecule has 0 atom stereocenters. The highest BCUT2D eigenvalue weighted by Gasteiger charge is 2.28. The lowest BCUT2D eigenvalue weighted by Gasteiger charge is -2.26. The average molecular weight is 646 g/mol. The molecule has 0 unspecified atom stereocenters. The van der Waals surface area contributed by atoms with E-state index >= 15 is 0 Å². The van der Waals surface area contributed by atoms with Gasteiger partial charge in [-0.05, 0) is 46.7 Å². The van der Waals surface area contributed by atoms with Gasteiger partial charge in [-0.2, -0.15) is 0 Å². The van der Waals surface area contributed by atoms with E-state index in [0.29, 0.717) is 42.4 Å². The van der Waals surface area contributed by atoms with Crippen molar-refractivity contribution in [3.05, 3.63) is 125 Å². The number of amides is 1. The monoisotopic (exact) mass is 645 g/mol. The molecule has 5 aromatic rings. The quantitative estimate of drug-likeness (QED) is 0.139. The van der Waals surface area contributed by atoms with Crippen LogP contribution in [0.3, 0.4) is 0 Å². The van der Waals surface area contributed by atoms with Crippen LogP contribution in [0, 0.1) is 0 Å². The van der Waals surface area contributed by atoms with Crippen molar-refractivity contribution >= 4 is 5.91 Å². The second-order valence-corrected chi connectivity index (χ2v) is 12.3. The molecular formula is C40H43N3O5. The first-order valence-corrected chi connectivity index (χ1v) is 16.7. The highest BCUT2D eigenvalue weighted by atomic mass is 16.5. The molecule has 4 aromatic carbocycles. The van der Waals surface area contributed by atoms with Crippen molar-refractivity contribution in [1.82, 2.24) is 15.4 Å². The summed E-state index contributed by atoms with van der Waals surface area (Å²) < 4.78 is 24.6. The number of hydrogen-bond acceptors (Lipinski definition) is 7. The van der Waals surface area contributed by atoms with Crippen molar-refractivity contribution in [1.29, 1.82) is 0 Å². The molecule has 2 heterocycles. The van der Waals surface area contributed by atoms with Gasteiger partial charge < -0.3 is 24.1 Å². The van der Waals surface area contributed by atoms with E-state index in [9.17, 15) is 4.79 Å². The zero-order valence-corrected chi connectivity index (χ0v) is 27.9. The van der Waals surface area contributed by atoms with Crippen LogP contribution in [0.4, 0.5) is 0 Å². The predicted octanol–water partition coefficient (Wildman–Crippen LogP) is 7.87. The van der Waals surface area contributed by atoms with Crippen LogP contribution < -0.4 is 14.8 Å². The first-order valence-electron chi connectivity index (χ1n) is 16.7. The molecule has 0 spiro atoms. The SMILES string of the molecule is CCNC(=O)c1noc(-c2cc(C(C)C)c(OCc3ccccc3)cc2OCc2ccccc2)c1-c1ccc(CN2CCOCC2)cc1. The highest BCUT2D eigenvalue weighted by Crippen LogP contribution is 2.44. The smallest absolute Gasteiger partial charge is 0.274 e. The van der Waals surface area contributed by atoms with Crippen LogP contribution in [0.15, 0.2) is 102 Å². The molecule has 1 aliphatic heterocycles. The van der Waals surface area contributed by atoms with Crippen LogP contribution >= 0.6 is 0 Å². The molecule has 0 bridgehead atoms. The Morgan fingerprint density at radius 2 is 1.46 bits per heavy atom. The minimum absolute atomic E-state index is 0.131. The van der Waals surface area contributed by atoms with Gasteiger partial charge in [-0.25, -0.2) is 0 Å².